The summed E-state index contributed by atoms with van der Waals surface area (Å²) in [5, 5.41) is 0. The maximum absolute atomic E-state index is 12.8. The number of hydrogen-bond acceptors (Lipinski definition) is 5. The minimum atomic E-state index is -3.53. The van der Waals surface area contributed by atoms with Gasteiger partial charge in [-0.15, -0.1) is 0 Å². The lowest BCUT2D eigenvalue weighted by Gasteiger charge is -2.25. The molecule has 0 saturated carbocycles. The highest BCUT2D eigenvalue weighted by Crippen LogP contribution is 2.22. The van der Waals surface area contributed by atoms with E-state index in [9.17, 15) is 8.42 Å². The lowest BCUT2D eigenvalue weighted by atomic mass is 10.1. The first kappa shape index (κ1) is 17.2. The zero-order valence-corrected chi connectivity index (χ0v) is 14.2. The highest BCUT2D eigenvalue weighted by atomic mass is 32.2. The maximum atomic E-state index is 12.8. The van der Waals surface area contributed by atoms with E-state index in [1.165, 1.54) is 11.4 Å². The molecule has 124 valence electrons. The van der Waals surface area contributed by atoms with Crippen LogP contribution in [0.25, 0.3) is 0 Å². The fourth-order valence-electron chi connectivity index (χ4n) is 2.60. The van der Waals surface area contributed by atoms with E-state index in [4.69, 9.17) is 9.47 Å². The van der Waals surface area contributed by atoms with E-state index in [1.54, 1.807) is 24.3 Å². The molecule has 1 saturated heterocycles. The fourth-order valence-corrected chi connectivity index (χ4v) is 4.14. The summed E-state index contributed by atoms with van der Waals surface area (Å²) in [6.45, 7) is 2.65. The second kappa shape index (κ2) is 7.41. The topological polar surface area (TPSA) is 59.1 Å². The number of ether oxygens (including phenoxy) is 2. The van der Waals surface area contributed by atoms with Gasteiger partial charge in [0.25, 0.3) is 0 Å². The van der Waals surface area contributed by atoms with Crippen molar-refractivity contribution in [3.63, 3.8) is 0 Å². The average Bonchev–Trinajstić information content (AvgIpc) is 2.72. The van der Waals surface area contributed by atoms with E-state index in [0.717, 1.165) is 6.54 Å². The van der Waals surface area contributed by atoms with Gasteiger partial charge in [0.05, 0.1) is 25.2 Å². The van der Waals surface area contributed by atoms with Crippen LogP contribution < -0.4 is 4.74 Å². The van der Waals surface area contributed by atoms with Crippen LogP contribution in [0, 0.1) is 5.92 Å². The summed E-state index contributed by atoms with van der Waals surface area (Å²) in [5.74, 6) is 0.704. The first-order valence-electron chi connectivity index (χ1n) is 7.30. The van der Waals surface area contributed by atoms with Crippen molar-refractivity contribution in [1.82, 2.24) is 9.21 Å². The zero-order valence-electron chi connectivity index (χ0n) is 13.4. The molecular weight excluding hydrogens is 304 g/mol. The van der Waals surface area contributed by atoms with Gasteiger partial charge in [-0.1, -0.05) is 6.07 Å². The summed E-state index contributed by atoms with van der Waals surface area (Å²) in [7, 11) is 1.95. The van der Waals surface area contributed by atoms with Gasteiger partial charge in [0.15, 0.2) is 0 Å². The monoisotopic (exact) mass is 328 g/mol. The van der Waals surface area contributed by atoms with Crippen molar-refractivity contribution in [3.8, 4) is 5.75 Å². The van der Waals surface area contributed by atoms with Crippen LogP contribution in [-0.4, -0.2) is 71.7 Å². The molecule has 1 atom stereocenters. The Morgan fingerprint density at radius 1 is 1.41 bits per heavy atom. The van der Waals surface area contributed by atoms with Crippen LogP contribution in [0.3, 0.4) is 0 Å². The molecule has 0 bridgehead atoms. The smallest absolute Gasteiger partial charge is 0.243 e. The molecule has 1 unspecified atom stereocenters. The molecule has 1 heterocycles. The number of nitrogens with zero attached hydrogens (tertiary/aromatic N) is 2. The number of rotatable bonds is 5. The molecule has 0 spiro atoms. The molecular formula is C15H24N2O4S. The van der Waals surface area contributed by atoms with Gasteiger partial charge < -0.3 is 14.4 Å². The molecule has 1 aliphatic heterocycles. The van der Waals surface area contributed by atoms with Gasteiger partial charge in [-0.3, -0.25) is 0 Å². The molecule has 2 rings (SSSR count). The lowest BCUT2D eigenvalue weighted by molar-refractivity contribution is 0.113. The van der Waals surface area contributed by atoms with Crippen molar-refractivity contribution in [2.24, 2.45) is 5.92 Å². The van der Waals surface area contributed by atoms with Crippen LogP contribution >= 0.6 is 0 Å². The van der Waals surface area contributed by atoms with Gasteiger partial charge in [0.2, 0.25) is 10.0 Å². The van der Waals surface area contributed by atoms with Crippen molar-refractivity contribution in [1.29, 1.82) is 0 Å². The van der Waals surface area contributed by atoms with E-state index in [2.05, 4.69) is 4.90 Å². The highest BCUT2D eigenvalue weighted by Gasteiger charge is 2.29. The lowest BCUT2D eigenvalue weighted by Crippen LogP contribution is -2.38. The molecule has 0 N–H and O–H groups in total. The van der Waals surface area contributed by atoms with Crippen LogP contribution in [-0.2, 0) is 14.8 Å². The van der Waals surface area contributed by atoms with E-state index >= 15 is 0 Å². The fraction of sp³-hybridized carbons (Fsp3) is 0.600. The second-order valence-electron chi connectivity index (χ2n) is 5.75. The van der Waals surface area contributed by atoms with Gasteiger partial charge in [-0.25, -0.2) is 8.42 Å². The highest BCUT2D eigenvalue weighted by molar-refractivity contribution is 7.89. The summed E-state index contributed by atoms with van der Waals surface area (Å²) < 4.78 is 37.9. The molecule has 0 aliphatic carbocycles. The molecule has 7 heteroatoms. The number of methoxy groups -OCH3 is 1. The van der Waals surface area contributed by atoms with Crippen molar-refractivity contribution in [2.45, 2.75) is 4.90 Å². The number of benzene rings is 1. The van der Waals surface area contributed by atoms with Gasteiger partial charge in [-0.2, -0.15) is 4.31 Å². The summed E-state index contributed by atoms with van der Waals surface area (Å²) in [6, 6.07) is 6.59. The van der Waals surface area contributed by atoms with Crippen LogP contribution in [0.2, 0.25) is 0 Å². The van der Waals surface area contributed by atoms with Crippen LogP contribution in [0.1, 0.15) is 0 Å². The molecule has 22 heavy (non-hydrogen) atoms. The Morgan fingerprint density at radius 2 is 2.18 bits per heavy atom. The van der Waals surface area contributed by atoms with Gasteiger partial charge in [0.1, 0.15) is 5.75 Å². The van der Waals surface area contributed by atoms with Crippen LogP contribution in [0.5, 0.6) is 5.75 Å². The Bertz CT molecular complexity index is 589. The van der Waals surface area contributed by atoms with Crippen molar-refractivity contribution < 1.29 is 17.9 Å². The quantitative estimate of drug-likeness (QED) is 0.803. The minimum Gasteiger partial charge on any atom is -0.497 e. The molecule has 1 fully saturated rings. The summed E-state index contributed by atoms with van der Waals surface area (Å²) in [6.07, 6.45) is 0. The first-order valence-corrected chi connectivity index (χ1v) is 8.74. The van der Waals surface area contributed by atoms with Gasteiger partial charge in [-0.05, 0) is 26.2 Å². The summed E-state index contributed by atoms with van der Waals surface area (Å²) >= 11 is 0. The van der Waals surface area contributed by atoms with E-state index in [1.807, 2.05) is 14.1 Å². The first-order chi connectivity index (χ1) is 10.4. The van der Waals surface area contributed by atoms with E-state index in [0.29, 0.717) is 32.1 Å². The third-order valence-electron chi connectivity index (χ3n) is 3.60. The Labute approximate surface area is 132 Å². The predicted octanol–water partition coefficient (Wildman–Crippen LogP) is 0.894. The average molecular weight is 328 g/mol. The molecule has 0 radical (unpaired) electrons. The number of sulfonamides is 1. The molecule has 1 aromatic rings. The Kier molecular flexibility index (Phi) is 5.80. The molecule has 0 amide bonds. The molecule has 1 aromatic carbocycles. The number of hydrogen-bond donors (Lipinski definition) is 0. The third-order valence-corrected chi connectivity index (χ3v) is 5.46. The Hall–Kier alpha value is -1.15. The molecule has 6 nitrogen and oxygen atoms in total. The van der Waals surface area contributed by atoms with Crippen LogP contribution in [0.15, 0.2) is 29.2 Å². The van der Waals surface area contributed by atoms with Crippen molar-refractivity contribution in [2.75, 3.05) is 54.1 Å². The Morgan fingerprint density at radius 3 is 2.86 bits per heavy atom. The summed E-state index contributed by atoms with van der Waals surface area (Å²) in [5.41, 5.74) is 0. The molecule has 1 aliphatic rings. The molecule has 0 aromatic heterocycles. The van der Waals surface area contributed by atoms with E-state index in [-0.39, 0.29) is 10.8 Å². The van der Waals surface area contributed by atoms with E-state index < -0.39 is 10.0 Å². The second-order valence-corrected chi connectivity index (χ2v) is 7.68. The standard InChI is InChI=1S/C15H24N2O4S/c1-16(2)10-13-11-17(7-8-21-12-13)22(18,19)15-6-4-5-14(9-15)20-3/h4-6,9,13H,7-8,10-12H2,1-3H3. The van der Waals surface area contributed by atoms with Crippen molar-refractivity contribution in [3.05, 3.63) is 24.3 Å². The van der Waals surface area contributed by atoms with Gasteiger partial charge in [0, 0.05) is 31.6 Å². The Balaban J connectivity index is 2.22. The third kappa shape index (κ3) is 4.19. The van der Waals surface area contributed by atoms with Crippen LogP contribution in [0.4, 0.5) is 0 Å². The van der Waals surface area contributed by atoms with Gasteiger partial charge >= 0.3 is 0 Å². The van der Waals surface area contributed by atoms with Crippen molar-refractivity contribution >= 4 is 10.0 Å². The predicted molar refractivity (Wildman–Crippen MR) is 84.6 cm³/mol. The maximum Gasteiger partial charge on any atom is 0.243 e. The SMILES string of the molecule is COc1cccc(S(=O)(=O)N2CCOCC(CN(C)C)C2)c1. The summed E-state index contributed by atoms with van der Waals surface area (Å²) in [4.78, 5) is 2.31. The largest absolute Gasteiger partial charge is 0.497 e. The minimum absolute atomic E-state index is 0.165. The normalized spacial score (nSPS) is 20.8. The zero-order chi connectivity index (χ0) is 16.2.